The molecule has 2 aromatic carbocycles. The summed E-state index contributed by atoms with van der Waals surface area (Å²) in [6.07, 6.45) is 6.85. The number of carbonyl (C=O) groups excluding carboxylic acids is 2. The second-order valence-corrected chi connectivity index (χ2v) is 7.81. The average Bonchev–Trinajstić information content (AvgIpc) is 3.56. The number of hydrogen-bond donors (Lipinski definition) is 3. The molecule has 1 fully saturated rings. The van der Waals surface area contributed by atoms with Gasteiger partial charge in [-0.2, -0.15) is 0 Å². The Morgan fingerprint density at radius 3 is 2.77 bits per heavy atom. The summed E-state index contributed by atoms with van der Waals surface area (Å²) >= 11 is 0. The van der Waals surface area contributed by atoms with Crippen molar-refractivity contribution in [3.05, 3.63) is 71.1 Å². The highest BCUT2D eigenvalue weighted by atomic mass is 16.3. The van der Waals surface area contributed by atoms with Gasteiger partial charge in [0, 0.05) is 41.6 Å². The summed E-state index contributed by atoms with van der Waals surface area (Å²) < 4.78 is 6.27. The molecule has 30 heavy (non-hydrogen) atoms. The van der Waals surface area contributed by atoms with Gasteiger partial charge in [-0.1, -0.05) is 30.3 Å². The maximum atomic E-state index is 12.1. The molecular formula is C24H23N3O3. The Morgan fingerprint density at radius 1 is 1.13 bits per heavy atom. The molecule has 3 amide bonds. The van der Waals surface area contributed by atoms with Crippen LogP contribution in [0.2, 0.25) is 0 Å². The van der Waals surface area contributed by atoms with E-state index in [1.165, 1.54) is 0 Å². The smallest absolute Gasteiger partial charge is 0.323 e. The van der Waals surface area contributed by atoms with E-state index in [4.69, 9.17) is 4.42 Å². The van der Waals surface area contributed by atoms with Crippen LogP contribution in [0.4, 0.5) is 10.5 Å². The number of benzene rings is 2. The standard InChI is InChI=1S/C24H23N3O3/c28-23(16-6-7-16)25-12-11-18-21(14-15-4-2-1-3-5-15)30-20-9-8-19-17(22(18)20)10-13-26-24(29)27-19/h1-5,8-10,13,16H,6-7,11-12,14H2,(H,25,28)(H2,26,27,29). The van der Waals surface area contributed by atoms with Crippen molar-refractivity contribution >= 4 is 34.7 Å². The molecule has 6 nitrogen and oxygen atoms in total. The first-order chi connectivity index (χ1) is 14.7. The Morgan fingerprint density at radius 2 is 1.97 bits per heavy atom. The van der Waals surface area contributed by atoms with Crippen LogP contribution in [-0.2, 0) is 17.6 Å². The first kappa shape index (κ1) is 18.5. The van der Waals surface area contributed by atoms with Crippen molar-refractivity contribution in [1.29, 1.82) is 0 Å². The molecular weight excluding hydrogens is 378 g/mol. The highest BCUT2D eigenvalue weighted by molar-refractivity contribution is 6.03. The predicted octanol–water partition coefficient (Wildman–Crippen LogP) is 4.20. The van der Waals surface area contributed by atoms with Crippen LogP contribution >= 0.6 is 0 Å². The number of amides is 3. The Kier molecular flexibility index (Phi) is 4.75. The molecule has 0 bridgehead atoms. The second kappa shape index (κ2) is 7.71. The van der Waals surface area contributed by atoms with Crippen LogP contribution in [0.15, 0.2) is 53.1 Å². The molecule has 2 heterocycles. The Labute approximate surface area is 174 Å². The van der Waals surface area contributed by atoms with Gasteiger partial charge < -0.3 is 20.4 Å². The van der Waals surface area contributed by atoms with E-state index in [2.05, 4.69) is 28.1 Å². The molecule has 0 unspecified atom stereocenters. The zero-order valence-corrected chi connectivity index (χ0v) is 16.5. The number of hydrogen-bond acceptors (Lipinski definition) is 3. The number of anilines is 1. The molecule has 3 N–H and O–H groups in total. The van der Waals surface area contributed by atoms with Crippen molar-refractivity contribution in [2.75, 3.05) is 11.9 Å². The van der Waals surface area contributed by atoms with Crippen LogP contribution < -0.4 is 16.0 Å². The van der Waals surface area contributed by atoms with E-state index in [0.717, 1.165) is 51.9 Å². The van der Waals surface area contributed by atoms with Crippen LogP contribution in [0, 0.1) is 5.92 Å². The van der Waals surface area contributed by atoms with Crippen LogP contribution in [0.1, 0.15) is 35.3 Å². The third-order valence-corrected chi connectivity index (χ3v) is 5.62. The fourth-order valence-corrected chi connectivity index (χ4v) is 3.96. The van der Waals surface area contributed by atoms with Crippen molar-refractivity contribution in [2.45, 2.75) is 25.7 Å². The summed E-state index contributed by atoms with van der Waals surface area (Å²) in [6.45, 7) is 0.559. The second-order valence-electron chi connectivity index (χ2n) is 7.81. The zero-order chi connectivity index (χ0) is 20.5. The quantitative estimate of drug-likeness (QED) is 0.579. The normalized spacial score (nSPS) is 15.3. The molecule has 1 aliphatic heterocycles. The topological polar surface area (TPSA) is 83.4 Å². The van der Waals surface area contributed by atoms with Crippen molar-refractivity contribution in [3.8, 4) is 0 Å². The monoisotopic (exact) mass is 401 g/mol. The first-order valence-electron chi connectivity index (χ1n) is 10.3. The largest absolute Gasteiger partial charge is 0.460 e. The number of rotatable bonds is 6. The molecule has 0 atom stereocenters. The maximum Gasteiger partial charge on any atom is 0.323 e. The fraction of sp³-hybridized carbons (Fsp3) is 0.250. The molecule has 0 radical (unpaired) electrons. The highest BCUT2D eigenvalue weighted by Gasteiger charge is 2.29. The molecule has 1 aliphatic carbocycles. The van der Waals surface area contributed by atoms with Gasteiger partial charge in [0.25, 0.3) is 0 Å². The van der Waals surface area contributed by atoms with E-state index in [9.17, 15) is 9.59 Å². The molecule has 0 saturated heterocycles. The summed E-state index contributed by atoms with van der Waals surface area (Å²) in [7, 11) is 0. The van der Waals surface area contributed by atoms with Gasteiger partial charge in [0.15, 0.2) is 0 Å². The van der Waals surface area contributed by atoms with Crippen LogP contribution in [0.3, 0.4) is 0 Å². The molecule has 0 spiro atoms. The van der Waals surface area contributed by atoms with E-state index >= 15 is 0 Å². The minimum atomic E-state index is -0.268. The number of furan rings is 1. The van der Waals surface area contributed by atoms with Crippen LogP contribution in [0.5, 0.6) is 0 Å². The summed E-state index contributed by atoms with van der Waals surface area (Å²) in [6, 6.07) is 13.7. The van der Waals surface area contributed by atoms with E-state index in [0.29, 0.717) is 19.4 Å². The minimum absolute atomic E-state index is 0.141. The van der Waals surface area contributed by atoms with Gasteiger partial charge in [-0.3, -0.25) is 4.79 Å². The molecule has 6 heteroatoms. The van der Waals surface area contributed by atoms with E-state index < -0.39 is 0 Å². The van der Waals surface area contributed by atoms with Gasteiger partial charge in [0.1, 0.15) is 11.3 Å². The van der Waals surface area contributed by atoms with E-state index in [-0.39, 0.29) is 17.9 Å². The molecule has 1 aromatic heterocycles. The van der Waals surface area contributed by atoms with Crippen molar-refractivity contribution < 1.29 is 14.0 Å². The Bertz CT molecular complexity index is 1140. The molecule has 3 aromatic rings. The predicted molar refractivity (Wildman–Crippen MR) is 116 cm³/mol. The SMILES string of the molecule is O=C1NC=Cc2c(ccc3oc(Cc4ccccc4)c(CCNC(=O)C4CC4)c23)N1. The Hall–Kier alpha value is -3.54. The average molecular weight is 401 g/mol. The van der Waals surface area contributed by atoms with Gasteiger partial charge in [-0.25, -0.2) is 4.79 Å². The lowest BCUT2D eigenvalue weighted by Crippen LogP contribution is -2.27. The van der Waals surface area contributed by atoms with Crippen molar-refractivity contribution in [1.82, 2.24) is 10.6 Å². The number of urea groups is 1. The highest BCUT2D eigenvalue weighted by Crippen LogP contribution is 2.36. The van der Waals surface area contributed by atoms with Gasteiger partial charge in [0.2, 0.25) is 5.91 Å². The first-order valence-corrected chi connectivity index (χ1v) is 10.3. The van der Waals surface area contributed by atoms with Crippen molar-refractivity contribution in [3.63, 3.8) is 0 Å². The minimum Gasteiger partial charge on any atom is -0.460 e. The molecule has 1 saturated carbocycles. The molecule has 152 valence electrons. The van der Waals surface area contributed by atoms with Gasteiger partial charge >= 0.3 is 6.03 Å². The van der Waals surface area contributed by atoms with Crippen molar-refractivity contribution in [2.24, 2.45) is 5.92 Å². The third kappa shape index (κ3) is 3.68. The van der Waals surface area contributed by atoms with Crippen LogP contribution in [0.25, 0.3) is 17.0 Å². The van der Waals surface area contributed by atoms with E-state index in [1.54, 1.807) is 6.20 Å². The Balaban J connectivity index is 1.54. The number of carbonyl (C=O) groups is 2. The third-order valence-electron chi connectivity index (χ3n) is 5.62. The van der Waals surface area contributed by atoms with Gasteiger partial charge in [-0.05, 0) is 43.0 Å². The van der Waals surface area contributed by atoms with Gasteiger partial charge in [0.05, 0.1) is 5.69 Å². The molecule has 2 aliphatic rings. The maximum absolute atomic E-state index is 12.1. The van der Waals surface area contributed by atoms with Crippen LogP contribution in [-0.4, -0.2) is 18.5 Å². The summed E-state index contributed by atoms with van der Waals surface area (Å²) in [4.78, 5) is 24.0. The lowest BCUT2D eigenvalue weighted by molar-refractivity contribution is -0.122. The summed E-state index contributed by atoms with van der Waals surface area (Å²) in [5, 5.41) is 9.60. The zero-order valence-electron chi connectivity index (χ0n) is 16.5. The molecule has 5 rings (SSSR count). The fourth-order valence-electron chi connectivity index (χ4n) is 3.96. The number of nitrogens with one attached hydrogen (secondary N) is 3. The lowest BCUT2D eigenvalue weighted by Gasteiger charge is -2.09. The summed E-state index contributed by atoms with van der Waals surface area (Å²) in [5.41, 5.74) is 4.67. The van der Waals surface area contributed by atoms with Gasteiger partial charge in [-0.15, -0.1) is 0 Å². The number of fused-ring (bicyclic) bond motifs is 3. The summed E-state index contributed by atoms with van der Waals surface area (Å²) in [5.74, 6) is 1.22. The van der Waals surface area contributed by atoms with E-state index in [1.807, 2.05) is 36.4 Å². The lowest BCUT2D eigenvalue weighted by atomic mass is 9.98.